The van der Waals surface area contributed by atoms with E-state index in [1.54, 1.807) is 0 Å². The molecule has 1 saturated heterocycles. The number of aromatic nitrogens is 1. The van der Waals surface area contributed by atoms with Crippen LogP contribution < -0.4 is 5.32 Å². The van der Waals surface area contributed by atoms with Gasteiger partial charge in [-0.05, 0) is 32.4 Å². The summed E-state index contributed by atoms with van der Waals surface area (Å²) >= 11 is 0. The van der Waals surface area contributed by atoms with Crippen molar-refractivity contribution in [2.24, 2.45) is 0 Å². The van der Waals surface area contributed by atoms with Crippen LogP contribution in [0.3, 0.4) is 0 Å². The average Bonchev–Trinajstić information content (AvgIpc) is 2.91. The van der Waals surface area contributed by atoms with E-state index in [0.29, 0.717) is 26.1 Å². The Bertz CT molecular complexity index is 789. The third-order valence-electron chi connectivity index (χ3n) is 4.74. The highest BCUT2D eigenvalue weighted by Crippen LogP contribution is 2.20. The van der Waals surface area contributed by atoms with E-state index in [1.807, 2.05) is 18.7 Å². The summed E-state index contributed by atoms with van der Waals surface area (Å²) in [5.74, 6) is -2.25. The predicted octanol–water partition coefficient (Wildman–Crippen LogP) is 1.93. The fourth-order valence-electron chi connectivity index (χ4n) is 3.19. The second kappa shape index (κ2) is 7.51. The van der Waals surface area contributed by atoms with Gasteiger partial charge in [-0.3, -0.25) is 9.69 Å². The van der Waals surface area contributed by atoms with Crippen molar-refractivity contribution in [2.45, 2.75) is 39.0 Å². The van der Waals surface area contributed by atoms with Crippen LogP contribution in [0.4, 0.5) is 8.78 Å². The SMILES string of the molecule is Cc1noc(C)c1CN1CC[C@@H](NC(=O)c2cccc(F)c2F)[C@H](O)C1. The van der Waals surface area contributed by atoms with Crippen LogP contribution in [0.25, 0.3) is 0 Å². The van der Waals surface area contributed by atoms with Crippen LogP contribution in [-0.4, -0.2) is 46.3 Å². The highest BCUT2D eigenvalue weighted by molar-refractivity contribution is 5.94. The molecule has 2 atom stereocenters. The van der Waals surface area contributed by atoms with Gasteiger partial charge in [-0.25, -0.2) is 8.78 Å². The molecule has 1 aromatic carbocycles. The van der Waals surface area contributed by atoms with E-state index in [9.17, 15) is 18.7 Å². The van der Waals surface area contributed by atoms with Gasteiger partial charge >= 0.3 is 0 Å². The lowest BCUT2D eigenvalue weighted by Crippen LogP contribution is -2.53. The molecule has 2 N–H and O–H groups in total. The Morgan fingerprint density at radius 3 is 2.85 bits per heavy atom. The summed E-state index contributed by atoms with van der Waals surface area (Å²) in [7, 11) is 0. The molecule has 0 radical (unpaired) electrons. The van der Waals surface area contributed by atoms with Crippen LogP contribution in [0.5, 0.6) is 0 Å². The van der Waals surface area contributed by atoms with Crippen molar-refractivity contribution >= 4 is 5.91 Å². The Balaban J connectivity index is 1.60. The molecule has 8 heteroatoms. The third kappa shape index (κ3) is 3.76. The molecule has 2 aromatic rings. The van der Waals surface area contributed by atoms with E-state index in [2.05, 4.69) is 10.5 Å². The number of carbonyl (C=O) groups excluding carboxylic acids is 1. The van der Waals surface area contributed by atoms with Gasteiger partial charge in [-0.2, -0.15) is 0 Å². The lowest BCUT2D eigenvalue weighted by atomic mass is 10.00. The van der Waals surface area contributed by atoms with Gasteiger partial charge in [0.15, 0.2) is 11.6 Å². The molecule has 3 rings (SSSR count). The van der Waals surface area contributed by atoms with Gasteiger partial charge in [-0.15, -0.1) is 0 Å². The normalized spacial score (nSPS) is 21.0. The topological polar surface area (TPSA) is 78.6 Å². The summed E-state index contributed by atoms with van der Waals surface area (Å²) in [6, 6.07) is 2.92. The quantitative estimate of drug-likeness (QED) is 0.866. The van der Waals surface area contributed by atoms with Crippen molar-refractivity contribution in [1.29, 1.82) is 0 Å². The minimum atomic E-state index is -1.18. The number of carbonyl (C=O) groups is 1. The molecule has 1 aliphatic heterocycles. The summed E-state index contributed by atoms with van der Waals surface area (Å²) in [6.45, 7) is 5.28. The van der Waals surface area contributed by atoms with Crippen LogP contribution in [-0.2, 0) is 6.54 Å². The van der Waals surface area contributed by atoms with Gasteiger partial charge in [0.05, 0.1) is 23.4 Å². The smallest absolute Gasteiger partial charge is 0.254 e. The van der Waals surface area contributed by atoms with Crippen molar-refractivity contribution in [3.8, 4) is 0 Å². The number of aliphatic hydroxyl groups excluding tert-OH is 1. The molecular weight excluding hydrogens is 344 g/mol. The van der Waals surface area contributed by atoms with E-state index in [4.69, 9.17) is 4.52 Å². The van der Waals surface area contributed by atoms with E-state index < -0.39 is 29.7 Å². The number of piperidine rings is 1. The van der Waals surface area contributed by atoms with E-state index in [-0.39, 0.29) is 5.56 Å². The fraction of sp³-hybridized carbons (Fsp3) is 0.444. The minimum Gasteiger partial charge on any atom is -0.390 e. The van der Waals surface area contributed by atoms with Crippen molar-refractivity contribution in [1.82, 2.24) is 15.4 Å². The van der Waals surface area contributed by atoms with Crippen LogP contribution in [0.1, 0.15) is 33.8 Å². The third-order valence-corrected chi connectivity index (χ3v) is 4.74. The summed E-state index contributed by atoms with van der Waals surface area (Å²) in [5, 5.41) is 16.9. The Kier molecular flexibility index (Phi) is 5.33. The second-order valence-electron chi connectivity index (χ2n) is 6.58. The van der Waals surface area contributed by atoms with Gasteiger partial charge < -0.3 is 14.9 Å². The van der Waals surface area contributed by atoms with Gasteiger partial charge in [-0.1, -0.05) is 11.2 Å². The predicted molar refractivity (Wildman–Crippen MR) is 89.5 cm³/mol. The van der Waals surface area contributed by atoms with Crippen LogP contribution in [0, 0.1) is 25.5 Å². The van der Waals surface area contributed by atoms with Gasteiger partial charge in [0.25, 0.3) is 5.91 Å². The van der Waals surface area contributed by atoms with Gasteiger partial charge in [0, 0.05) is 25.2 Å². The molecule has 1 amide bonds. The molecule has 0 aliphatic carbocycles. The molecule has 1 aromatic heterocycles. The first-order chi connectivity index (χ1) is 12.4. The molecule has 2 heterocycles. The first-order valence-electron chi connectivity index (χ1n) is 8.44. The highest BCUT2D eigenvalue weighted by Gasteiger charge is 2.30. The van der Waals surface area contributed by atoms with Gasteiger partial charge in [0.2, 0.25) is 0 Å². The second-order valence-corrected chi connectivity index (χ2v) is 6.58. The number of benzene rings is 1. The first-order valence-corrected chi connectivity index (χ1v) is 8.44. The Morgan fingerprint density at radius 2 is 2.19 bits per heavy atom. The zero-order chi connectivity index (χ0) is 18.8. The number of β-amino-alcohol motifs (C(OH)–C–C–N with tert-alkyl or cyclic N) is 1. The number of hydrogen-bond donors (Lipinski definition) is 2. The van der Waals surface area contributed by atoms with Crippen molar-refractivity contribution in [3.05, 3.63) is 52.4 Å². The van der Waals surface area contributed by atoms with Crippen LogP contribution >= 0.6 is 0 Å². The lowest BCUT2D eigenvalue weighted by Gasteiger charge is -2.36. The number of likely N-dealkylation sites (tertiary alicyclic amines) is 1. The standard InChI is InChI=1S/C18H21F2N3O3/c1-10-13(11(2)26-22-10)8-23-7-6-15(16(24)9-23)21-18(25)12-4-3-5-14(19)17(12)20/h3-5,15-16,24H,6-9H2,1-2H3,(H,21,25)/t15-,16-/m1/s1. The van der Waals surface area contributed by atoms with Crippen LogP contribution in [0.2, 0.25) is 0 Å². The highest BCUT2D eigenvalue weighted by atomic mass is 19.2. The van der Waals surface area contributed by atoms with E-state index >= 15 is 0 Å². The summed E-state index contributed by atoms with van der Waals surface area (Å²) in [4.78, 5) is 14.2. The lowest BCUT2D eigenvalue weighted by molar-refractivity contribution is 0.0346. The Labute approximate surface area is 149 Å². The number of halogens is 2. The Hall–Kier alpha value is -2.32. The maximum atomic E-state index is 13.7. The molecule has 6 nitrogen and oxygen atoms in total. The number of rotatable bonds is 4. The molecule has 1 aliphatic rings. The number of hydrogen-bond acceptors (Lipinski definition) is 5. The first kappa shape index (κ1) is 18.5. The minimum absolute atomic E-state index is 0.348. The van der Waals surface area contributed by atoms with Crippen molar-refractivity contribution < 1.29 is 23.2 Å². The maximum absolute atomic E-state index is 13.7. The summed E-state index contributed by atoms with van der Waals surface area (Å²) in [6.07, 6.45) is -0.322. The number of nitrogens with one attached hydrogen (secondary N) is 1. The molecular formula is C18H21F2N3O3. The maximum Gasteiger partial charge on any atom is 0.254 e. The number of nitrogens with zero attached hydrogens (tertiary/aromatic N) is 2. The van der Waals surface area contributed by atoms with Crippen molar-refractivity contribution in [2.75, 3.05) is 13.1 Å². The fourth-order valence-corrected chi connectivity index (χ4v) is 3.19. The Morgan fingerprint density at radius 1 is 1.42 bits per heavy atom. The number of aliphatic hydroxyl groups is 1. The molecule has 0 saturated carbocycles. The van der Waals surface area contributed by atoms with E-state index in [1.165, 1.54) is 12.1 Å². The van der Waals surface area contributed by atoms with Gasteiger partial charge in [0.1, 0.15) is 5.76 Å². The number of amides is 1. The zero-order valence-corrected chi connectivity index (χ0v) is 14.6. The average molecular weight is 365 g/mol. The summed E-state index contributed by atoms with van der Waals surface area (Å²) in [5.41, 5.74) is 1.44. The summed E-state index contributed by atoms with van der Waals surface area (Å²) < 4.78 is 32.1. The zero-order valence-electron chi connectivity index (χ0n) is 14.6. The monoisotopic (exact) mass is 365 g/mol. The molecule has 140 valence electrons. The largest absolute Gasteiger partial charge is 0.390 e. The number of aryl methyl sites for hydroxylation is 2. The van der Waals surface area contributed by atoms with E-state index in [0.717, 1.165) is 23.1 Å². The molecule has 0 bridgehead atoms. The molecule has 0 unspecified atom stereocenters. The molecule has 26 heavy (non-hydrogen) atoms. The van der Waals surface area contributed by atoms with Crippen molar-refractivity contribution in [3.63, 3.8) is 0 Å². The van der Waals surface area contributed by atoms with Crippen LogP contribution in [0.15, 0.2) is 22.7 Å². The molecule has 1 fully saturated rings. The molecule has 0 spiro atoms.